The van der Waals surface area contributed by atoms with Gasteiger partial charge in [0.15, 0.2) is 0 Å². The van der Waals surface area contributed by atoms with E-state index in [4.69, 9.17) is 0 Å². The van der Waals surface area contributed by atoms with E-state index in [0.29, 0.717) is 0 Å². The Balaban J connectivity index is 2.21. The molecule has 0 aliphatic heterocycles. The molecule has 1 nitrogen and oxygen atoms in total. The van der Waals surface area contributed by atoms with Crippen molar-refractivity contribution >= 4 is 22.1 Å². The van der Waals surface area contributed by atoms with Gasteiger partial charge in [-0.05, 0) is 51.2 Å². The number of hydrogen-bond acceptors (Lipinski definition) is 2. The molecular formula is C16H14OS. The van der Waals surface area contributed by atoms with Crippen LogP contribution in [0.25, 0.3) is 10.8 Å². The lowest BCUT2D eigenvalue weighted by Gasteiger charge is -2.14. The molecular weight excluding hydrogens is 240 g/mol. The number of benzene rings is 2. The summed E-state index contributed by atoms with van der Waals surface area (Å²) >= 11 is 1.61. The summed E-state index contributed by atoms with van der Waals surface area (Å²) in [7, 11) is 0. The fourth-order valence-corrected chi connectivity index (χ4v) is 3.00. The smallest absolute Gasteiger partial charge is 0.105 e. The molecule has 1 unspecified atom stereocenters. The molecule has 1 heterocycles. The van der Waals surface area contributed by atoms with Gasteiger partial charge in [-0.3, -0.25) is 0 Å². The van der Waals surface area contributed by atoms with Crippen LogP contribution < -0.4 is 0 Å². The molecule has 1 aromatic heterocycles. The molecule has 0 amide bonds. The Labute approximate surface area is 110 Å². The van der Waals surface area contributed by atoms with Crippen LogP contribution in [0.3, 0.4) is 0 Å². The predicted octanol–water partition coefficient (Wildman–Crippen LogP) is 4.29. The molecule has 3 rings (SSSR count). The van der Waals surface area contributed by atoms with Crippen molar-refractivity contribution in [2.75, 3.05) is 0 Å². The van der Waals surface area contributed by atoms with E-state index in [0.717, 1.165) is 16.5 Å². The molecule has 1 N–H and O–H groups in total. The highest BCUT2D eigenvalue weighted by atomic mass is 32.1. The predicted molar refractivity (Wildman–Crippen MR) is 77.1 cm³/mol. The SMILES string of the molecule is Cc1ccc(C(O)c2ccsc2)c2ccccc12. The number of fused-ring (bicyclic) bond motifs is 1. The summed E-state index contributed by atoms with van der Waals surface area (Å²) in [5.41, 5.74) is 3.19. The number of aliphatic hydroxyl groups excluding tert-OH is 1. The molecule has 0 saturated heterocycles. The lowest BCUT2D eigenvalue weighted by Crippen LogP contribution is -1.99. The minimum atomic E-state index is -0.540. The second-order valence-electron chi connectivity index (χ2n) is 4.48. The highest BCUT2D eigenvalue weighted by molar-refractivity contribution is 7.08. The van der Waals surface area contributed by atoms with Crippen molar-refractivity contribution in [3.05, 3.63) is 69.9 Å². The highest BCUT2D eigenvalue weighted by Gasteiger charge is 2.14. The average Bonchev–Trinajstić information content (AvgIpc) is 2.93. The van der Waals surface area contributed by atoms with E-state index in [2.05, 4.69) is 25.1 Å². The summed E-state index contributed by atoms with van der Waals surface area (Å²) in [6, 6.07) is 14.3. The first-order chi connectivity index (χ1) is 8.77. The summed E-state index contributed by atoms with van der Waals surface area (Å²) in [5, 5.41) is 16.8. The van der Waals surface area contributed by atoms with Gasteiger partial charge in [-0.2, -0.15) is 11.3 Å². The van der Waals surface area contributed by atoms with E-state index in [1.54, 1.807) is 11.3 Å². The molecule has 0 aliphatic carbocycles. The molecule has 2 aromatic carbocycles. The fraction of sp³-hybridized carbons (Fsp3) is 0.125. The average molecular weight is 254 g/mol. The van der Waals surface area contributed by atoms with Crippen molar-refractivity contribution < 1.29 is 5.11 Å². The van der Waals surface area contributed by atoms with Crippen molar-refractivity contribution in [2.45, 2.75) is 13.0 Å². The van der Waals surface area contributed by atoms with E-state index in [-0.39, 0.29) is 0 Å². The van der Waals surface area contributed by atoms with Gasteiger partial charge in [-0.25, -0.2) is 0 Å². The van der Waals surface area contributed by atoms with E-state index < -0.39 is 6.10 Å². The van der Waals surface area contributed by atoms with Gasteiger partial charge in [0.2, 0.25) is 0 Å². The van der Waals surface area contributed by atoms with Crippen LogP contribution in [0.5, 0.6) is 0 Å². The van der Waals surface area contributed by atoms with Gasteiger partial charge >= 0.3 is 0 Å². The lowest BCUT2D eigenvalue weighted by atomic mass is 9.95. The van der Waals surface area contributed by atoms with Gasteiger partial charge in [-0.15, -0.1) is 0 Å². The van der Waals surface area contributed by atoms with Crippen LogP contribution in [0.2, 0.25) is 0 Å². The number of rotatable bonds is 2. The van der Waals surface area contributed by atoms with Crippen LogP contribution in [0.15, 0.2) is 53.2 Å². The zero-order chi connectivity index (χ0) is 12.5. The first kappa shape index (κ1) is 11.5. The van der Waals surface area contributed by atoms with Crippen LogP contribution in [0.4, 0.5) is 0 Å². The monoisotopic (exact) mass is 254 g/mol. The maximum Gasteiger partial charge on any atom is 0.105 e. The summed E-state index contributed by atoms with van der Waals surface area (Å²) < 4.78 is 0. The van der Waals surface area contributed by atoms with Gasteiger partial charge in [-0.1, -0.05) is 36.4 Å². The van der Waals surface area contributed by atoms with Crippen molar-refractivity contribution in [1.82, 2.24) is 0 Å². The third-order valence-corrected chi connectivity index (χ3v) is 4.03. The molecule has 18 heavy (non-hydrogen) atoms. The first-order valence-electron chi connectivity index (χ1n) is 5.96. The molecule has 0 spiro atoms. The Morgan fingerprint density at radius 1 is 1.00 bits per heavy atom. The zero-order valence-corrected chi connectivity index (χ0v) is 10.9. The van der Waals surface area contributed by atoms with E-state index in [1.165, 1.54) is 10.9 Å². The minimum Gasteiger partial charge on any atom is -0.384 e. The molecule has 2 heteroatoms. The Morgan fingerprint density at radius 2 is 1.78 bits per heavy atom. The molecule has 0 fully saturated rings. The molecule has 1 atom stereocenters. The third kappa shape index (κ3) is 1.84. The normalized spacial score (nSPS) is 12.8. The largest absolute Gasteiger partial charge is 0.384 e. The Morgan fingerprint density at radius 3 is 2.50 bits per heavy atom. The van der Waals surface area contributed by atoms with Gasteiger partial charge < -0.3 is 5.11 Å². The van der Waals surface area contributed by atoms with Crippen LogP contribution >= 0.6 is 11.3 Å². The molecule has 3 aromatic rings. The third-order valence-electron chi connectivity index (χ3n) is 3.33. The standard InChI is InChI=1S/C16H14OS/c1-11-6-7-15(14-5-3-2-4-13(11)14)16(17)12-8-9-18-10-12/h2-10,16-17H,1H3. The van der Waals surface area contributed by atoms with Crippen molar-refractivity contribution in [3.8, 4) is 0 Å². The number of aryl methyl sites for hydroxylation is 1. The Kier molecular flexibility index (Phi) is 2.90. The second kappa shape index (κ2) is 4.56. The molecule has 0 aliphatic rings. The molecule has 0 radical (unpaired) electrons. The van der Waals surface area contributed by atoms with Crippen molar-refractivity contribution in [3.63, 3.8) is 0 Å². The Bertz CT molecular complexity index is 671. The van der Waals surface area contributed by atoms with E-state index in [9.17, 15) is 5.11 Å². The van der Waals surface area contributed by atoms with Crippen LogP contribution in [0, 0.1) is 6.92 Å². The van der Waals surface area contributed by atoms with Crippen molar-refractivity contribution in [2.24, 2.45) is 0 Å². The van der Waals surface area contributed by atoms with Crippen molar-refractivity contribution in [1.29, 1.82) is 0 Å². The second-order valence-corrected chi connectivity index (χ2v) is 5.26. The topological polar surface area (TPSA) is 20.2 Å². The van der Waals surface area contributed by atoms with Crippen LogP contribution in [-0.2, 0) is 0 Å². The molecule has 0 bridgehead atoms. The summed E-state index contributed by atoms with van der Waals surface area (Å²) in [4.78, 5) is 0. The fourth-order valence-electron chi connectivity index (χ4n) is 2.32. The molecule has 90 valence electrons. The lowest BCUT2D eigenvalue weighted by molar-refractivity contribution is 0.222. The maximum atomic E-state index is 10.5. The van der Waals surface area contributed by atoms with Gasteiger partial charge in [0.1, 0.15) is 6.10 Å². The van der Waals surface area contributed by atoms with Gasteiger partial charge in [0.05, 0.1) is 0 Å². The molecule has 0 saturated carbocycles. The van der Waals surface area contributed by atoms with Gasteiger partial charge in [0, 0.05) is 0 Å². The number of aliphatic hydroxyl groups is 1. The van der Waals surface area contributed by atoms with E-state index in [1.807, 2.05) is 35.0 Å². The van der Waals surface area contributed by atoms with E-state index >= 15 is 0 Å². The van der Waals surface area contributed by atoms with Gasteiger partial charge in [0.25, 0.3) is 0 Å². The zero-order valence-electron chi connectivity index (χ0n) is 10.1. The summed E-state index contributed by atoms with van der Waals surface area (Å²) in [6.07, 6.45) is -0.540. The van der Waals surface area contributed by atoms with Crippen LogP contribution in [-0.4, -0.2) is 5.11 Å². The maximum absolute atomic E-state index is 10.5. The Hall–Kier alpha value is -1.64. The minimum absolute atomic E-state index is 0.540. The summed E-state index contributed by atoms with van der Waals surface area (Å²) in [6.45, 7) is 2.10. The summed E-state index contributed by atoms with van der Waals surface area (Å²) in [5.74, 6) is 0. The number of thiophene rings is 1. The highest BCUT2D eigenvalue weighted by Crippen LogP contribution is 2.31. The first-order valence-corrected chi connectivity index (χ1v) is 6.90. The quantitative estimate of drug-likeness (QED) is 0.723. The number of hydrogen-bond donors (Lipinski definition) is 1. The van der Waals surface area contributed by atoms with Crippen LogP contribution in [0.1, 0.15) is 22.8 Å².